The summed E-state index contributed by atoms with van der Waals surface area (Å²) in [6, 6.07) is 24.8. The topological polar surface area (TPSA) is 47.6 Å². The van der Waals surface area contributed by atoms with Crippen molar-refractivity contribution in [3.63, 3.8) is 0 Å². The van der Waals surface area contributed by atoms with Crippen LogP contribution >= 0.6 is 11.8 Å². The lowest BCUT2D eigenvalue weighted by atomic mass is 10.2. The zero-order valence-electron chi connectivity index (χ0n) is 15.1. The first kappa shape index (κ1) is 18.9. The summed E-state index contributed by atoms with van der Waals surface area (Å²) >= 11 is 1.57. The Bertz CT molecular complexity index is 849. The molecule has 0 fully saturated rings. The van der Waals surface area contributed by atoms with Crippen LogP contribution in [-0.2, 0) is 10.5 Å². The highest BCUT2D eigenvalue weighted by Crippen LogP contribution is 2.23. The van der Waals surface area contributed by atoms with Gasteiger partial charge >= 0.3 is 0 Å². The van der Waals surface area contributed by atoms with Crippen LogP contribution in [0.5, 0.6) is 17.2 Å². The van der Waals surface area contributed by atoms with Crippen LogP contribution in [0.15, 0.2) is 78.9 Å². The standard InChI is InChI=1S/C22H21NO3S/c1-25-19-11-7-17(8-12-19)15-27-16-22(24)23-18-9-13-21(14-10-18)26-20-5-3-2-4-6-20/h2-14H,15-16H2,1H3,(H,23,24). The highest BCUT2D eigenvalue weighted by atomic mass is 32.2. The Balaban J connectivity index is 1.43. The van der Waals surface area contributed by atoms with Crippen LogP contribution in [0.2, 0.25) is 0 Å². The molecular weight excluding hydrogens is 358 g/mol. The lowest BCUT2D eigenvalue weighted by Crippen LogP contribution is -2.14. The fraction of sp³-hybridized carbons (Fsp3) is 0.136. The van der Waals surface area contributed by atoms with Gasteiger partial charge in [0.15, 0.2) is 0 Å². The molecule has 4 nitrogen and oxygen atoms in total. The van der Waals surface area contributed by atoms with E-state index in [1.807, 2.05) is 78.9 Å². The number of carbonyl (C=O) groups excluding carboxylic acids is 1. The van der Waals surface area contributed by atoms with Crippen LogP contribution in [0.3, 0.4) is 0 Å². The van der Waals surface area contributed by atoms with Crippen LogP contribution in [0.25, 0.3) is 0 Å². The van der Waals surface area contributed by atoms with Gasteiger partial charge in [-0.1, -0.05) is 30.3 Å². The number of carbonyl (C=O) groups is 1. The second kappa shape index (κ2) is 9.69. The first-order valence-electron chi connectivity index (χ1n) is 8.56. The predicted octanol–water partition coefficient (Wildman–Crippen LogP) is 5.36. The minimum absolute atomic E-state index is 0.0229. The van der Waals surface area contributed by atoms with Crippen LogP contribution < -0.4 is 14.8 Å². The smallest absolute Gasteiger partial charge is 0.234 e. The number of rotatable bonds is 8. The Kier molecular flexibility index (Phi) is 6.77. The summed E-state index contributed by atoms with van der Waals surface area (Å²) in [5, 5.41) is 2.90. The van der Waals surface area contributed by atoms with Gasteiger partial charge in [-0.2, -0.15) is 0 Å². The SMILES string of the molecule is COc1ccc(CSCC(=O)Nc2ccc(Oc3ccccc3)cc2)cc1. The van der Waals surface area contributed by atoms with E-state index in [-0.39, 0.29) is 5.91 Å². The van der Waals surface area contributed by atoms with Crippen LogP contribution in [-0.4, -0.2) is 18.8 Å². The molecule has 0 aliphatic heterocycles. The van der Waals surface area contributed by atoms with Crippen molar-refractivity contribution < 1.29 is 14.3 Å². The van der Waals surface area contributed by atoms with Gasteiger partial charge in [-0.25, -0.2) is 0 Å². The monoisotopic (exact) mass is 379 g/mol. The average Bonchev–Trinajstić information content (AvgIpc) is 2.71. The van der Waals surface area contributed by atoms with Crippen molar-refractivity contribution in [2.45, 2.75) is 5.75 Å². The molecule has 3 aromatic carbocycles. The van der Waals surface area contributed by atoms with Crippen molar-refractivity contribution >= 4 is 23.4 Å². The first-order chi connectivity index (χ1) is 13.2. The summed E-state index contributed by atoms with van der Waals surface area (Å²) in [4.78, 5) is 12.1. The number of benzene rings is 3. The molecular formula is C22H21NO3S. The molecule has 0 saturated carbocycles. The Labute approximate surface area is 163 Å². The van der Waals surface area contributed by atoms with E-state index < -0.39 is 0 Å². The van der Waals surface area contributed by atoms with Crippen molar-refractivity contribution in [3.8, 4) is 17.2 Å². The maximum absolute atomic E-state index is 12.1. The van der Waals surface area contributed by atoms with Crippen LogP contribution in [0.1, 0.15) is 5.56 Å². The number of anilines is 1. The van der Waals surface area contributed by atoms with Crippen molar-refractivity contribution in [2.24, 2.45) is 0 Å². The number of thioether (sulfide) groups is 1. The van der Waals surface area contributed by atoms with E-state index in [2.05, 4.69) is 5.32 Å². The third-order valence-electron chi connectivity index (χ3n) is 3.78. The zero-order valence-corrected chi connectivity index (χ0v) is 15.9. The number of nitrogens with one attached hydrogen (secondary N) is 1. The number of amides is 1. The fourth-order valence-corrected chi connectivity index (χ4v) is 3.20. The normalized spacial score (nSPS) is 10.3. The van der Waals surface area contributed by atoms with E-state index in [1.54, 1.807) is 18.9 Å². The molecule has 0 saturated heterocycles. The molecule has 0 radical (unpaired) electrons. The second-order valence-corrected chi connectivity index (χ2v) is 6.81. The van der Waals surface area contributed by atoms with E-state index in [0.29, 0.717) is 5.75 Å². The third kappa shape index (κ3) is 6.08. The summed E-state index contributed by atoms with van der Waals surface area (Å²) in [6.07, 6.45) is 0. The van der Waals surface area contributed by atoms with E-state index in [4.69, 9.17) is 9.47 Å². The molecule has 0 bridgehead atoms. The molecule has 0 heterocycles. The number of methoxy groups -OCH3 is 1. The Morgan fingerprint density at radius 3 is 2.15 bits per heavy atom. The van der Waals surface area contributed by atoms with Crippen molar-refractivity contribution in [1.29, 1.82) is 0 Å². The second-order valence-electron chi connectivity index (χ2n) is 5.83. The van der Waals surface area contributed by atoms with Crippen molar-refractivity contribution in [3.05, 3.63) is 84.4 Å². The average molecular weight is 379 g/mol. The molecule has 0 aliphatic carbocycles. The van der Waals surface area contributed by atoms with E-state index in [9.17, 15) is 4.79 Å². The van der Waals surface area contributed by atoms with Gasteiger partial charge in [0.2, 0.25) is 5.91 Å². The highest BCUT2D eigenvalue weighted by molar-refractivity contribution is 7.99. The number of ether oxygens (including phenoxy) is 2. The Hall–Kier alpha value is -2.92. The van der Waals surface area contributed by atoms with Gasteiger partial charge in [0.1, 0.15) is 17.2 Å². The lowest BCUT2D eigenvalue weighted by molar-refractivity contribution is -0.113. The van der Waals surface area contributed by atoms with Gasteiger partial charge in [-0.05, 0) is 54.1 Å². The summed E-state index contributed by atoms with van der Waals surface area (Å²) in [6.45, 7) is 0. The van der Waals surface area contributed by atoms with Gasteiger partial charge < -0.3 is 14.8 Å². The molecule has 5 heteroatoms. The van der Waals surface area contributed by atoms with Gasteiger partial charge in [0, 0.05) is 11.4 Å². The maximum atomic E-state index is 12.1. The van der Waals surface area contributed by atoms with Gasteiger partial charge in [-0.3, -0.25) is 4.79 Å². The summed E-state index contributed by atoms with van der Waals surface area (Å²) < 4.78 is 10.9. The molecule has 1 N–H and O–H groups in total. The lowest BCUT2D eigenvalue weighted by Gasteiger charge is -2.08. The van der Waals surface area contributed by atoms with E-state index >= 15 is 0 Å². The van der Waals surface area contributed by atoms with Crippen molar-refractivity contribution in [1.82, 2.24) is 0 Å². The minimum Gasteiger partial charge on any atom is -0.497 e. The highest BCUT2D eigenvalue weighted by Gasteiger charge is 2.04. The largest absolute Gasteiger partial charge is 0.497 e. The number of para-hydroxylation sites is 1. The minimum atomic E-state index is -0.0229. The molecule has 0 unspecified atom stereocenters. The molecule has 3 rings (SSSR count). The molecule has 0 aliphatic rings. The zero-order chi connectivity index (χ0) is 18.9. The molecule has 27 heavy (non-hydrogen) atoms. The molecule has 1 amide bonds. The van der Waals surface area contributed by atoms with Crippen LogP contribution in [0, 0.1) is 0 Å². The Morgan fingerprint density at radius 2 is 1.48 bits per heavy atom. The Morgan fingerprint density at radius 1 is 0.852 bits per heavy atom. The first-order valence-corrected chi connectivity index (χ1v) is 9.72. The molecule has 3 aromatic rings. The van der Waals surface area contributed by atoms with Crippen LogP contribution in [0.4, 0.5) is 5.69 Å². The van der Waals surface area contributed by atoms with Gasteiger partial charge in [-0.15, -0.1) is 11.8 Å². The van der Waals surface area contributed by atoms with E-state index in [0.717, 1.165) is 34.3 Å². The summed E-state index contributed by atoms with van der Waals surface area (Å²) in [5.41, 5.74) is 1.92. The predicted molar refractivity (Wildman–Crippen MR) is 111 cm³/mol. The fourth-order valence-electron chi connectivity index (χ4n) is 2.41. The maximum Gasteiger partial charge on any atom is 0.234 e. The molecule has 138 valence electrons. The van der Waals surface area contributed by atoms with Gasteiger partial charge in [0.05, 0.1) is 12.9 Å². The van der Waals surface area contributed by atoms with E-state index in [1.165, 1.54) is 0 Å². The number of hydrogen-bond acceptors (Lipinski definition) is 4. The summed E-state index contributed by atoms with van der Waals surface area (Å²) in [7, 11) is 1.65. The number of hydrogen-bond donors (Lipinski definition) is 1. The summed E-state index contributed by atoms with van der Waals surface area (Å²) in [5.74, 6) is 3.50. The quantitative estimate of drug-likeness (QED) is 0.572. The van der Waals surface area contributed by atoms with Gasteiger partial charge in [0.25, 0.3) is 0 Å². The molecule has 0 aromatic heterocycles. The third-order valence-corrected chi connectivity index (χ3v) is 4.78. The molecule has 0 spiro atoms. The van der Waals surface area contributed by atoms with Crippen molar-refractivity contribution in [2.75, 3.05) is 18.2 Å². The molecule has 0 atom stereocenters.